The quantitative estimate of drug-likeness (QED) is 0.141. The molecule has 0 rings (SSSR count). The molecule has 0 aliphatic rings. The number of hydrogen-bond donors (Lipinski definition) is 0. The molecule has 5 atom stereocenters. The zero-order valence-electron chi connectivity index (χ0n) is 22.1. The van der Waals surface area contributed by atoms with Crippen LogP contribution in [0.2, 0.25) is 0 Å². The Labute approximate surface area is 201 Å². The van der Waals surface area contributed by atoms with E-state index >= 15 is 0 Å². The fourth-order valence-electron chi connectivity index (χ4n) is 2.36. The van der Waals surface area contributed by atoms with Gasteiger partial charge in [-0.3, -0.25) is 0 Å². The fourth-order valence-corrected chi connectivity index (χ4v) is 2.36. The molecule has 0 N–H and O–H groups in total. The molecule has 0 saturated heterocycles. The van der Waals surface area contributed by atoms with Crippen LogP contribution in [0.15, 0.2) is 12.2 Å². The molecule has 33 heavy (non-hydrogen) atoms. The van der Waals surface area contributed by atoms with Gasteiger partial charge in [-0.05, 0) is 47.5 Å². The largest absolute Gasteiger partial charge is 0.460 e. The summed E-state index contributed by atoms with van der Waals surface area (Å²) < 4.78 is 39.3. The fraction of sp³-hybridized carbons (Fsp3) is 0.880. The van der Waals surface area contributed by atoms with Gasteiger partial charge in [0.1, 0.15) is 6.61 Å². The van der Waals surface area contributed by atoms with Crippen molar-refractivity contribution in [1.29, 1.82) is 0 Å². The van der Waals surface area contributed by atoms with Crippen molar-refractivity contribution in [1.82, 2.24) is 0 Å². The van der Waals surface area contributed by atoms with Crippen molar-refractivity contribution >= 4 is 5.97 Å². The second-order valence-corrected chi connectivity index (χ2v) is 9.10. The van der Waals surface area contributed by atoms with E-state index in [-0.39, 0.29) is 37.1 Å². The summed E-state index contributed by atoms with van der Waals surface area (Å²) in [6, 6.07) is 0. The zero-order valence-corrected chi connectivity index (χ0v) is 22.1. The van der Waals surface area contributed by atoms with E-state index in [1.54, 1.807) is 6.92 Å². The van der Waals surface area contributed by atoms with E-state index in [0.717, 1.165) is 6.61 Å². The maximum absolute atomic E-state index is 11.3. The highest BCUT2D eigenvalue weighted by Gasteiger charge is 2.13. The monoisotopic (exact) mass is 476 g/mol. The van der Waals surface area contributed by atoms with Crippen LogP contribution in [0.1, 0.15) is 55.4 Å². The third-order valence-electron chi connectivity index (χ3n) is 4.34. The van der Waals surface area contributed by atoms with Crippen LogP contribution < -0.4 is 0 Å². The van der Waals surface area contributed by atoms with Gasteiger partial charge in [-0.1, -0.05) is 20.4 Å². The van der Waals surface area contributed by atoms with Gasteiger partial charge < -0.3 is 33.2 Å². The molecule has 0 aromatic heterocycles. The van der Waals surface area contributed by atoms with Gasteiger partial charge in [-0.25, -0.2) is 4.79 Å². The van der Waals surface area contributed by atoms with Crippen LogP contribution in [-0.2, 0) is 38.0 Å². The van der Waals surface area contributed by atoms with E-state index in [0.29, 0.717) is 51.1 Å². The molecule has 8 nitrogen and oxygen atoms in total. The van der Waals surface area contributed by atoms with Crippen molar-refractivity contribution in [2.24, 2.45) is 5.92 Å². The Morgan fingerprint density at radius 2 is 0.970 bits per heavy atom. The lowest BCUT2D eigenvalue weighted by Gasteiger charge is -2.22. The standard InChI is InChI=1S/C25H48O8/c1-18(2)12-29-21(6)14-31-23(8)16-33-24(9)17-32-22(7)15-30-20(5)13-27-10-11-28-25(26)19(3)4/h18,20-24H,3,10-17H2,1-2,4-9H3. The molecule has 0 aliphatic heterocycles. The highest BCUT2D eigenvalue weighted by molar-refractivity contribution is 5.86. The first-order chi connectivity index (χ1) is 15.5. The van der Waals surface area contributed by atoms with Gasteiger partial charge in [-0.2, -0.15) is 0 Å². The van der Waals surface area contributed by atoms with E-state index in [4.69, 9.17) is 33.2 Å². The molecule has 0 amide bonds. The number of ether oxygens (including phenoxy) is 7. The molecule has 8 heteroatoms. The van der Waals surface area contributed by atoms with Crippen LogP contribution in [0.25, 0.3) is 0 Å². The molecule has 5 unspecified atom stereocenters. The first-order valence-electron chi connectivity index (χ1n) is 12.0. The van der Waals surface area contributed by atoms with Crippen molar-refractivity contribution in [3.05, 3.63) is 12.2 Å². The maximum atomic E-state index is 11.3. The van der Waals surface area contributed by atoms with Gasteiger partial charge in [0.15, 0.2) is 0 Å². The molecule has 196 valence electrons. The summed E-state index contributed by atoms with van der Waals surface area (Å²) in [5, 5.41) is 0. The molecular weight excluding hydrogens is 428 g/mol. The lowest BCUT2D eigenvalue weighted by atomic mass is 10.2. The molecule has 0 spiro atoms. The molecule has 0 saturated carbocycles. The van der Waals surface area contributed by atoms with Crippen LogP contribution in [0.3, 0.4) is 0 Å². The van der Waals surface area contributed by atoms with Gasteiger partial charge in [0.2, 0.25) is 0 Å². The lowest BCUT2D eigenvalue weighted by Crippen LogP contribution is -2.29. The smallest absolute Gasteiger partial charge is 0.333 e. The normalized spacial score (nSPS) is 16.3. The Balaban J connectivity index is 3.75. The van der Waals surface area contributed by atoms with Crippen LogP contribution in [0, 0.1) is 5.92 Å². The molecule has 0 aromatic rings. The number of hydrogen-bond acceptors (Lipinski definition) is 8. The molecule has 0 aliphatic carbocycles. The van der Waals surface area contributed by atoms with E-state index in [2.05, 4.69) is 20.4 Å². The topological polar surface area (TPSA) is 81.7 Å². The molecule has 0 heterocycles. The van der Waals surface area contributed by atoms with E-state index in [9.17, 15) is 4.79 Å². The van der Waals surface area contributed by atoms with Crippen molar-refractivity contribution in [3.63, 3.8) is 0 Å². The summed E-state index contributed by atoms with van der Waals surface area (Å²) in [4.78, 5) is 11.3. The first-order valence-corrected chi connectivity index (χ1v) is 12.0. The van der Waals surface area contributed by atoms with Crippen molar-refractivity contribution in [3.8, 4) is 0 Å². The Morgan fingerprint density at radius 1 is 0.606 bits per heavy atom. The van der Waals surface area contributed by atoms with E-state index in [1.165, 1.54) is 0 Å². The van der Waals surface area contributed by atoms with Crippen molar-refractivity contribution in [2.75, 3.05) is 52.9 Å². The van der Waals surface area contributed by atoms with E-state index in [1.807, 2.05) is 34.6 Å². The predicted molar refractivity (Wildman–Crippen MR) is 129 cm³/mol. The number of carbonyl (C=O) groups is 1. The minimum absolute atomic E-state index is 0.0107. The van der Waals surface area contributed by atoms with Gasteiger partial charge in [0.05, 0.1) is 70.2 Å². The number of carbonyl (C=O) groups excluding carboxylic acids is 1. The maximum Gasteiger partial charge on any atom is 0.333 e. The SMILES string of the molecule is C=C(C)C(=O)OCCOCC(C)OCC(C)OCC(C)OCC(C)OCC(C)OCC(C)C. The summed E-state index contributed by atoms with van der Waals surface area (Å²) >= 11 is 0. The third kappa shape index (κ3) is 20.1. The van der Waals surface area contributed by atoms with Crippen molar-refractivity contribution < 1.29 is 38.0 Å². The zero-order chi connectivity index (χ0) is 25.2. The minimum Gasteiger partial charge on any atom is -0.460 e. The van der Waals surface area contributed by atoms with Gasteiger partial charge >= 0.3 is 5.97 Å². The first kappa shape index (κ1) is 32.0. The Kier molecular flexibility index (Phi) is 18.7. The summed E-state index contributed by atoms with van der Waals surface area (Å²) in [6.07, 6.45) is -0.142. The molecule has 0 aromatic carbocycles. The summed E-state index contributed by atoms with van der Waals surface area (Å²) in [7, 11) is 0. The summed E-state index contributed by atoms with van der Waals surface area (Å²) in [5.41, 5.74) is 0.375. The summed E-state index contributed by atoms with van der Waals surface area (Å²) in [6.45, 7) is 22.9. The predicted octanol–water partition coefficient (Wildman–Crippen LogP) is 3.80. The third-order valence-corrected chi connectivity index (χ3v) is 4.34. The highest BCUT2D eigenvalue weighted by atomic mass is 16.6. The van der Waals surface area contributed by atoms with Crippen LogP contribution in [-0.4, -0.2) is 89.3 Å². The second-order valence-electron chi connectivity index (χ2n) is 9.10. The lowest BCUT2D eigenvalue weighted by molar-refractivity contribution is -0.141. The Hall–Kier alpha value is -1.03. The highest BCUT2D eigenvalue weighted by Crippen LogP contribution is 2.04. The molecule has 0 bridgehead atoms. The van der Waals surface area contributed by atoms with Gasteiger partial charge in [0.25, 0.3) is 0 Å². The van der Waals surface area contributed by atoms with Crippen LogP contribution in [0.5, 0.6) is 0 Å². The molecule has 0 radical (unpaired) electrons. The molecular formula is C25H48O8. The van der Waals surface area contributed by atoms with Crippen LogP contribution >= 0.6 is 0 Å². The average molecular weight is 477 g/mol. The van der Waals surface area contributed by atoms with Crippen molar-refractivity contribution in [2.45, 2.75) is 85.9 Å². The van der Waals surface area contributed by atoms with E-state index < -0.39 is 5.97 Å². The molecule has 0 fully saturated rings. The Morgan fingerprint density at radius 3 is 1.33 bits per heavy atom. The second kappa shape index (κ2) is 19.3. The van der Waals surface area contributed by atoms with Gasteiger partial charge in [-0.15, -0.1) is 0 Å². The average Bonchev–Trinajstić information content (AvgIpc) is 2.76. The summed E-state index contributed by atoms with van der Waals surface area (Å²) in [5.74, 6) is 0.110. The number of esters is 1. The van der Waals surface area contributed by atoms with Gasteiger partial charge in [0, 0.05) is 12.2 Å². The number of rotatable bonds is 21. The Bertz CT molecular complexity index is 511. The minimum atomic E-state index is -0.407. The van der Waals surface area contributed by atoms with Crippen LogP contribution in [0.4, 0.5) is 0 Å².